The highest BCUT2D eigenvalue weighted by atomic mass is 35.7. The summed E-state index contributed by atoms with van der Waals surface area (Å²) in [6, 6.07) is 6.02. The van der Waals surface area contributed by atoms with Crippen LogP contribution in [0.15, 0.2) is 29.2 Å². The zero-order valence-electron chi connectivity index (χ0n) is 7.73. The maximum Gasteiger partial charge on any atom is 0.339 e. The Bertz CT molecular complexity index is 388. The van der Waals surface area contributed by atoms with Crippen LogP contribution in [-0.2, 0) is 9.05 Å². The van der Waals surface area contributed by atoms with Crippen LogP contribution in [0.3, 0.4) is 0 Å². The fourth-order valence-electron chi connectivity index (χ4n) is 0.918. The molecule has 0 atom stereocenters. The molecule has 6 heteroatoms. The topological polar surface area (TPSA) is 43.4 Å². The van der Waals surface area contributed by atoms with Crippen LogP contribution in [0, 0.1) is 0 Å². The lowest BCUT2D eigenvalue weighted by Crippen LogP contribution is -1.99. The summed E-state index contributed by atoms with van der Waals surface area (Å²) in [5.41, 5.74) is 0. The third-order valence-electron chi connectivity index (χ3n) is 1.58. The molecule has 0 heterocycles. The first-order valence-electron chi connectivity index (χ1n) is 4.21. The maximum absolute atomic E-state index is 10.9. The molecule has 0 aliphatic rings. The maximum atomic E-state index is 10.9. The quantitative estimate of drug-likeness (QED) is 0.587. The molecule has 3 nitrogen and oxygen atoms in total. The Morgan fingerprint density at radius 2 is 1.93 bits per heavy atom. The third-order valence-corrected chi connectivity index (χ3v) is 2.95. The highest BCUT2D eigenvalue weighted by molar-refractivity contribution is 8.13. The number of hydrogen-bond acceptors (Lipinski definition) is 3. The Balaban J connectivity index is 2.79. The number of halogens is 1. The van der Waals surface area contributed by atoms with E-state index in [-0.39, 0.29) is 4.90 Å². The van der Waals surface area contributed by atoms with Gasteiger partial charge in [0.15, 0.2) is 0 Å². The second kappa shape index (κ2) is 4.71. The molecule has 0 aliphatic carbocycles. The van der Waals surface area contributed by atoms with E-state index in [2.05, 4.69) is 0 Å². The normalized spacial score (nSPS) is 11.0. The first-order valence-corrected chi connectivity index (χ1v) is 6.52. The second-order valence-electron chi connectivity index (χ2n) is 2.76. The summed E-state index contributed by atoms with van der Waals surface area (Å²) in [5, 5.41) is 0. The van der Waals surface area contributed by atoms with Gasteiger partial charge in [0.1, 0.15) is 0 Å². The lowest BCUT2D eigenvalue weighted by Gasteiger charge is -2.03. The lowest BCUT2D eigenvalue weighted by molar-refractivity contribution is 0.592. The minimum atomic E-state index is -3.62. The van der Waals surface area contributed by atoms with E-state index in [1.54, 1.807) is 12.1 Å². The molecule has 0 unspecified atom stereocenters. The van der Waals surface area contributed by atoms with Crippen molar-refractivity contribution < 1.29 is 13.1 Å². The number of benzene rings is 1. The minimum Gasteiger partial charge on any atom is -0.564 e. The van der Waals surface area contributed by atoms with Crippen LogP contribution in [0.4, 0.5) is 0 Å². The Hall–Kier alpha value is -0.675. The van der Waals surface area contributed by atoms with Gasteiger partial charge >= 0.3 is 7.48 Å². The van der Waals surface area contributed by atoms with E-state index in [0.717, 1.165) is 6.32 Å². The van der Waals surface area contributed by atoms with Crippen molar-refractivity contribution in [1.82, 2.24) is 0 Å². The van der Waals surface area contributed by atoms with Gasteiger partial charge in [-0.15, -0.1) is 0 Å². The third kappa shape index (κ3) is 3.23. The molecule has 0 fully saturated rings. The standard InChI is InChI=1S/C8H10BClO3S/c1-2-9-13-7-3-5-8(6-4-7)14(10,11)12/h3-6,9H,2H2,1H3. The van der Waals surface area contributed by atoms with Gasteiger partial charge in [0.25, 0.3) is 9.05 Å². The Morgan fingerprint density at radius 3 is 2.36 bits per heavy atom. The van der Waals surface area contributed by atoms with Gasteiger partial charge in [-0.2, -0.15) is 0 Å². The van der Waals surface area contributed by atoms with Gasteiger partial charge in [0, 0.05) is 10.7 Å². The molecule has 0 spiro atoms. The predicted octanol–water partition coefficient (Wildman–Crippen LogP) is 1.78. The smallest absolute Gasteiger partial charge is 0.339 e. The number of hydrogen-bond donors (Lipinski definition) is 0. The van der Waals surface area contributed by atoms with Gasteiger partial charge in [-0.1, -0.05) is 6.92 Å². The van der Waals surface area contributed by atoms with Crippen molar-refractivity contribution in [2.75, 3.05) is 0 Å². The molecule has 0 amide bonds. The van der Waals surface area contributed by atoms with Gasteiger partial charge in [-0.25, -0.2) is 8.42 Å². The van der Waals surface area contributed by atoms with Gasteiger partial charge in [0.05, 0.1) is 10.6 Å². The summed E-state index contributed by atoms with van der Waals surface area (Å²) in [4.78, 5) is 0.0861. The van der Waals surface area contributed by atoms with Crippen molar-refractivity contribution in [1.29, 1.82) is 0 Å². The highest BCUT2D eigenvalue weighted by Gasteiger charge is 2.08. The molecule has 0 saturated heterocycles. The zero-order chi connectivity index (χ0) is 10.6. The summed E-state index contributed by atoms with van der Waals surface area (Å²) in [6.45, 7) is 2.00. The van der Waals surface area contributed by atoms with Crippen molar-refractivity contribution in [2.45, 2.75) is 18.1 Å². The van der Waals surface area contributed by atoms with Gasteiger partial charge in [-0.3, -0.25) is 0 Å². The Morgan fingerprint density at radius 1 is 1.36 bits per heavy atom. The summed E-state index contributed by atoms with van der Waals surface area (Å²) in [7, 11) is 2.14. The first-order chi connectivity index (χ1) is 6.54. The fraction of sp³-hybridized carbons (Fsp3) is 0.250. The van der Waals surface area contributed by atoms with Crippen LogP contribution in [0.1, 0.15) is 6.92 Å². The van der Waals surface area contributed by atoms with Crippen molar-refractivity contribution in [2.24, 2.45) is 0 Å². The molecule has 0 bridgehead atoms. The minimum absolute atomic E-state index is 0.0861. The molecule has 14 heavy (non-hydrogen) atoms. The monoisotopic (exact) mass is 232 g/mol. The van der Waals surface area contributed by atoms with Crippen molar-refractivity contribution in [3.8, 4) is 5.75 Å². The summed E-state index contributed by atoms with van der Waals surface area (Å²) in [6.07, 6.45) is 0.912. The molecule has 0 radical (unpaired) electrons. The molecular weight excluding hydrogens is 222 g/mol. The van der Waals surface area contributed by atoms with Crippen LogP contribution in [0.5, 0.6) is 5.75 Å². The molecule has 1 rings (SSSR count). The average Bonchev–Trinajstić information content (AvgIpc) is 2.14. The summed E-state index contributed by atoms with van der Waals surface area (Å²) >= 11 is 0. The Labute approximate surface area is 88.7 Å². The zero-order valence-corrected chi connectivity index (χ0v) is 9.31. The van der Waals surface area contributed by atoms with Crippen LogP contribution in [0.25, 0.3) is 0 Å². The fourth-order valence-corrected chi connectivity index (χ4v) is 1.69. The molecular formula is C8H10BClO3S. The molecule has 0 aromatic heterocycles. The van der Waals surface area contributed by atoms with Gasteiger partial charge in [-0.05, 0) is 30.6 Å². The summed E-state index contributed by atoms with van der Waals surface area (Å²) in [5.74, 6) is 0.649. The van der Waals surface area contributed by atoms with E-state index in [4.69, 9.17) is 15.3 Å². The first kappa shape index (κ1) is 11.4. The van der Waals surface area contributed by atoms with Crippen LogP contribution in [0.2, 0.25) is 6.32 Å². The molecule has 76 valence electrons. The predicted molar refractivity (Wildman–Crippen MR) is 57.7 cm³/mol. The molecule has 0 saturated carbocycles. The van der Waals surface area contributed by atoms with E-state index in [1.165, 1.54) is 12.1 Å². The van der Waals surface area contributed by atoms with E-state index in [0.29, 0.717) is 13.2 Å². The van der Waals surface area contributed by atoms with Crippen LogP contribution < -0.4 is 4.65 Å². The molecule has 0 N–H and O–H groups in total. The molecule has 1 aromatic carbocycles. The highest BCUT2D eigenvalue weighted by Crippen LogP contribution is 2.18. The largest absolute Gasteiger partial charge is 0.564 e. The molecule has 0 aliphatic heterocycles. The van der Waals surface area contributed by atoms with Crippen molar-refractivity contribution in [3.63, 3.8) is 0 Å². The van der Waals surface area contributed by atoms with Crippen LogP contribution in [-0.4, -0.2) is 15.9 Å². The van der Waals surface area contributed by atoms with Gasteiger partial charge < -0.3 is 4.65 Å². The van der Waals surface area contributed by atoms with Crippen LogP contribution >= 0.6 is 10.7 Å². The molecule has 1 aromatic rings. The average molecular weight is 232 g/mol. The second-order valence-corrected chi connectivity index (χ2v) is 5.32. The lowest BCUT2D eigenvalue weighted by atomic mass is 9.97. The van der Waals surface area contributed by atoms with Crippen molar-refractivity contribution >= 4 is 27.2 Å². The number of rotatable bonds is 4. The van der Waals surface area contributed by atoms with Gasteiger partial charge in [0.2, 0.25) is 0 Å². The van der Waals surface area contributed by atoms with E-state index < -0.39 is 9.05 Å². The van der Waals surface area contributed by atoms with E-state index in [9.17, 15) is 8.42 Å². The van der Waals surface area contributed by atoms with E-state index in [1.807, 2.05) is 6.92 Å². The van der Waals surface area contributed by atoms with E-state index >= 15 is 0 Å². The summed E-state index contributed by atoms with van der Waals surface area (Å²) < 4.78 is 27.1. The Kier molecular flexibility index (Phi) is 3.83. The SMILES string of the molecule is CCBOc1ccc(S(=O)(=O)Cl)cc1. The van der Waals surface area contributed by atoms with Crippen molar-refractivity contribution in [3.05, 3.63) is 24.3 Å².